The van der Waals surface area contributed by atoms with Crippen LogP contribution in [0.3, 0.4) is 0 Å². The standard InChI is InChI=1S/C18H27N3O2.ClH/c1-2-19-10-11-20-18(23)16-9-6-12-21(14-16)17(22)13-15-7-4-3-5-8-15;/h3-5,7-8,16,19H,2,6,9-14H2,1H3,(H,20,23);1H. The molecule has 0 spiro atoms. The van der Waals surface area contributed by atoms with E-state index in [1.807, 2.05) is 42.2 Å². The van der Waals surface area contributed by atoms with Crippen molar-refractivity contribution in [3.63, 3.8) is 0 Å². The topological polar surface area (TPSA) is 61.4 Å². The molecule has 1 saturated heterocycles. The Bertz CT molecular complexity index is 510. The average Bonchev–Trinajstić information content (AvgIpc) is 2.59. The highest BCUT2D eigenvalue weighted by Gasteiger charge is 2.28. The molecular formula is C18H28ClN3O2. The molecule has 2 N–H and O–H groups in total. The molecule has 0 aliphatic carbocycles. The molecule has 0 saturated carbocycles. The molecule has 1 aliphatic rings. The van der Waals surface area contributed by atoms with Crippen LogP contribution in [0.2, 0.25) is 0 Å². The number of carbonyl (C=O) groups excluding carboxylic acids is 2. The van der Waals surface area contributed by atoms with E-state index < -0.39 is 0 Å². The van der Waals surface area contributed by atoms with Gasteiger partial charge in [0.05, 0.1) is 12.3 Å². The Morgan fingerprint density at radius 1 is 1.21 bits per heavy atom. The fourth-order valence-corrected chi connectivity index (χ4v) is 2.90. The van der Waals surface area contributed by atoms with Crippen LogP contribution in [0.25, 0.3) is 0 Å². The average molecular weight is 354 g/mol. The fourth-order valence-electron chi connectivity index (χ4n) is 2.90. The van der Waals surface area contributed by atoms with E-state index in [1.165, 1.54) is 0 Å². The first kappa shape index (κ1) is 20.5. The number of carbonyl (C=O) groups is 2. The third-order valence-corrected chi connectivity index (χ3v) is 4.19. The zero-order valence-corrected chi connectivity index (χ0v) is 15.1. The predicted molar refractivity (Wildman–Crippen MR) is 98.3 cm³/mol. The highest BCUT2D eigenvalue weighted by Crippen LogP contribution is 2.17. The quantitative estimate of drug-likeness (QED) is 0.732. The second-order valence-corrected chi connectivity index (χ2v) is 5.99. The maximum atomic E-state index is 12.4. The van der Waals surface area contributed by atoms with Crippen molar-refractivity contribution >= 4 is 24.2 Å². The van der Waals surface area contributed by atoms with Gasteiger partial charge in [0.25, 0.3) is 0 Å². The molecule has 1 aromatic rings. The van der Waals surface area contributed by atoms with Crippen LogP contribution < -0.4 is 10.6 Å². The molecule has 5 nitrogen and oxygen atoms in total. The Kier molecular flexibility index (Phi) is 9.42. The normalized spacial score (nSPS) is 17.0. The minimum absolute atomic E-state index is 0. The summed E-state index contributed by atoms with van der Waals surface area (Å²) in [7, 11) is 0. The fraction of sp³-hybridized carbons (Fsp3) is 0.556. The van der Waals surface area contributed by atoms with Crippen LogP contribution in [0.5, 0.6) is 0 Å². The second kappa shape index (κ2) is 11.0. The van der Waals surface area contributed by atoms with Gasteiger partial charge in [-0.25, -0.2) is 0 Å². The first-order chi connectivity index (χ1) is 11.2. The minimum Gasteiger partial charge on any atom is -0.355 e. The molecule has 134 valence electrons. The molecule has 6 heteroatoms. The number of hydrogen-bond acceptors (Lipinski definition) is 3. The summed E-state index contributed by atoms with van der Waals surface area (Å²) in [6.07, 6.45) is 2.17. The summed E-state index contributed by atoms with van der Waals surface area (Å²) >= 11 is 0. The van der Waals surface area contributed by atoms with E-state index in [2.05, 4.69) is 10.6 Å². The van der Waals surface area contributed by atoms with Crippen LogP contribution in [-0.2, 0) is 16.0 Å². The molecule has 2 rings (SSSR count). The number of hydrogen-bond donors (Lipinski definition) is 2. The lowest BCUT2D eigenvalue weighted by Gasteiger charge is -2.32. The second-order valence-electron chi connectivity index (χ2n) is 5.99. The van der Waals surface area contributed by atoms with Crippen LogP contribution in [0.1, 0.15) is 25.3 Å². The van der Waals surface area contributed by atoms with Gasteiger partial charge in [-0.15, -0.1) is 12.4 Å². The number of piperidine rings is 1. The number of amides is 2. The zero-order valence-electron chi connectivity index (χ0n) is 14.3. The molecule has 1 unspecified atom stereocenters. The molecule has 1 atom stereocenters. The van der Waals surface area contributed by atoms with Crippen molar-refractivity contribution < 1.29 is 9.59 Å². The van der Waals surface area contributed by atoms with Gasteiger partial charge in [0.1, 0.15) is 0 Å². The number of nitrogens with one attached hydrogen (secondary N) is 2. The van der Waals surface area contributed by atoms with Gasteiger partial charge in [-0.2, -0.15) is 0 Å². The van der Waals surface area contributed by atoms with Gasteiger partial charge in [0, 0.05) is 26.2 Å². The molecule has 1 aromatic carbocycles. The lowest BCUT2D eigenvalue weighted by molar-refractivity contribution is -0.135. The number of rotatable bonds is 7. The van der Waals surface area contributed by atoms with Crippen LogP contribution in [-0.4, -0.2) is 49.4 Å². The maximum absolute atomic E-state index is 12.4. The van der Waals surface area contributed by atoms with Crippen LogP contribution in [0.15, 0.2) is 30.3 Å². The van der Waals surface area contributed by atoms with Crippen LogP contribution in [0, 0.1) is 5.92 Å². The van der Waals surface area contributed by atoms with Gasteiger partial charge in [-0.05, 0) is 24.9 Å². The molecular weight excluding hydrogens is 326 g/mol. The first-order valence-electron chi connectivity index (χ1n) is 8.51. The van der Waals surface area contributed by atoms with Gasteiger partial charge in [-0.1, -0.05) is 37.3 Å². The van der Waals surface area contributed by atoms with Gasteiger partial charge in [0.15, 0.2) is 0 Å². The SMILES string of the molecule is CCNCCNC(=O)C1CCCN(C(=O)Cc2ccccc2)C1.Cl. The number of likely N-dealkylation sites (tertiary alicyclic amines) is 1. The van der Waals surface area contributed by atoms with Crippen LogP contribution >= 0.6 is 12.4 Å². The maximum Gasteiger partial charge on any atom is 0.227 e. The van der Waals surface area contributed by atoms with Gasteiger partial charge < -0.3 is 15.5 Å². The van der Waals surface area contributed by atoms with Crippen molar-refractivity contribution in [2.45, 2.75) is 26.2 Å². The molecule has 1 heterocycles. The summed E-state index contributed by atoms with van der Waals surface area (Å²) in [5.74, 6) is 0.103. The Hall–Kier alpha value is -1.59. The minimum atomic E-state index is -0.0786. The van der Waals surface area contributed by atoms with Gasteiger partial charge >= 0.3 is 0 Å². The summed E-state index contributed by atoms with van der Waals surface area (Å²) in [5.41, 5.74) is 1.02. The molecule has 0 radical (unpaired) electrons. The van der Waals surface area contributed by atoms with Crippen molar-refractivity contribution in [1.82, 2.24) is 15.5 Å². The number of benzene rings is 1. The summed E-state index contributed by atoms with van der Waals surface area (Å²) in [5, 5.41) is 6.14. The van der Waals surface area contributed by atoms with Crippen molar-refractivity contribution in [3.05, 3.63) is 35.9 Å². The Morgan fingerprint density at radius 2 is 1.96 bits per heavy atom. The van der Waals surface area contributed by atoms with Crippen molar-refractivity contribution in [2.75, 3.05) is 32.7 Å². The molecule has 2 amide bonds. The lowest BCUT2D eigenvalue weighted by Crippen LogP contribution is -2.46. The van der Waals surface area contributed by atoms with Crippen molar-refractivity contribution in [3.8, 4) is 0 Å². The van der Waals surface area contributed by atoms with E-state index in [0.717, 1.165) is 38.0 Å². The monoisotopic (exact) mass is 353 g/mol. The van der Waals surface area contributed by atoms with Crippen LogP contribution in [0.4, 0.5) is 0 Å². The van der Waals surface area contributed by atoms with E-state index in [0.29, 0.717) is 19.5 Å². The zero-order chi connectivity index (χ0) is 16.5. The van der Waals surface area contributed by atoms with Crippen molar-refractivity contribution in [1.29, 1.82) is 0 Å². The Labute approximate surface area is 150 Å². The first-order valence-corrected chi connectivity index (χ1v) is 8.51. The van der Waals surface area contributed by atoms with E-state index >= 15 is 0 Å². The number of halogens is 1. The van der Waals surface area contributed by atoms with Gasteiger partial charge in [-0.3, -0.25) is 9.59 Å². The molecule has 24 heavy (non-hydrogen) atoms. The van der Waals surface area contributed by atoms with E-state index in [9.17, 15) is 9.59 Å². The van der Waals surface area contributed by atoms with E-state index in [1.54, 1.807) is 0 Å². The molecule has 1 aliphatic heterocycles. The Morgan fingerprint density at radius 3 is 2.67 bits per heavy atom. The molecule has 1 fully saturated rings. The number of likely N-dealkylation sites (N-methyl/N-ethyl adjacent to an activating group) is 1. The molecule has 0 aromatic heterocycles. The summed E-state index contributed by atoms with van der Waals surface area (Å²) < 4.78 is 0. The summed E-state index contributed by atoms with van der Waals surface area (Å²) in [6, 6.07) is 9.76. The smallest absolute Gasteiger partial charge is 0.227 e. The third-order valence-electron chi connectivity index (χ3n) is 4.19. The van der Waals surface area contributed by atoms with E-state index in [4.69, 9.17) is 0 Å². The summed E-state index contributed by atoms with van der Waals surface area (Å²) in [4.78, 5) is 26.5. The highest BCUT2D eigenvalue weighted by molar-refractivity contribution is 5.85. The highest BCUT2D eigenvalue weighted by atomic mass is 35.5. The van der Waals surface area contributed by atoms with Gasteiger partial charge in [0.2, 0.25) is 11.8 Å². The Balaban J connectivity index is 0.00000288. The number of nitrogens with zero attached hydrogens (tertiary/aromatic N) is 1. The largest absolute Gasteiger partial charge is 0.355 e. The predicted octanol–water partition coefficient (Wildman–Crippen LogP) is 1.62. The molecule has 0 bridgehead atoms. The van der Waals surface area contributed by atoms with E-state index in [-0.39, 0.29) is 30.1 Å². The lowest BCUT2D eigenvalue weighted by atomic mass is 9.96. The third kappa shape index (κ3) is 6.49. The summed E-state index contributed by atoms with van der Waals surface area (Å²) in [6.45, 7) is 5.67. The van der Waals surface area contributed by atoms with Crippen molar-refractivity contribution in [2.24, 2.45) is 5.92 Å².